The predicted octanol–water partition coefficient (Wildman–Crippen LogP) is 3.25. The zero-order valence-corrected chi connectivity index (χ0v) is 18.9. The van der Waals surface area contributed by atoms with Gasteiger partial charge in [0.15, 0.2) is 5.96 Å². The van der Waals surface area contributed by atoms with Crippen LogP contribution in [0, 0.1) is 17.6 Å². The number of carbonyl (C=O) groups is 1. The van der Waals surface area contributed by atoms with Crippen LogP contribution in [0.3, 0.4) is 0 Å². The second-order valence-corrected chi connectivity index (χ2v) is 7.70. The molecule has 1 saturated carbocycles. The Bertz CT molecular complexity index is 700. The minimum atomic E-state index is -0.491. The molecule has 1 amide bonds. The summed E-state index contributed by atoms with van der Waals surface area (Å²) in [6.45, 7) is 5.31. The maximum atomic E-state index is 13.9. The van der Waals surface area contributed by atoms with E-state index in [2.05, 4.69) is 15.6 Å². The van der Waals surface area contributed by atoms with Gasteiger partial charge in [0.25, 0.3) is 0 Å². The van der Waals surface area contributed by atoms with E-state index in [1.54, 1.807) is 7.05 Å². The lowest BCUT2D eigenvalue weighted by atomic mass is 10.0. The zero-order chi connectivity index (χ0) is 19.6. The van der Waals surface area contributed by atoms with Gasteiger partial charge in [-0.25, -0.2) is 8.78 Å². The lowest BCUT2D eigenvalue weighted by Gasteiger charge is -2.34. The molecule has 2 aliphatic rings. The van der Waals surface area contributed by atoms with Crippen LogP contribution in [-0.4, -0.2) is 49.0 Å². The van der Waals surface area contributed by atoms with E-state index in [0.717, 1.165) is 25.9 Å². The summed E-state index contributed by atoms with van der Waals surface area (Å²) >= 11 is 0. The third kappa shape index (κ3) is 5.33. The van der Waals surface area contributed by atoms with Crippen molar-refractivity contribution in [2.75, 3.05) is 20.1 Å². The smallest absolute Gasteiger partial charge is 0.225 e. The van der Waals surface area contributed by atoms with Crippen molar-refractivity contribution >= 4 is 35.8 Å². The number of hydrogen-bond donors (Lipinski definition) is 2. The van der Waals surface area contributed by atoms with Crippen molar-refractivity contribution in [2.24, 2.45) is 10.9 Å². The van der Waals surface area contributed by atoms with Gasteiger partial charge in [-0.05, 0) is 31.4 Å². The van der Waals surface area contributed by atoms with Crippen LogP contribution in [0.15, 0.2) is 23.2 Å². The Morgan fingerprint density at radius 1 is 1.18 bits per heavy atom. The Hall–Kier alpha value is -1.45. The summed E-state index contributed by atoms with van der Waals surface area (Å²) in [7, 11) is 1.69. The Labute approximate surface area is 182 Å². The molecule has 0 bridgehead atoms. The van der Waals surface area contributed by atoms with Crippen molar-refractivity contribution in [2.45, 2.75) is 51.1 Å². The van der Waals surface area contributed by atoms with Gasteiger partial charge in [0.1, 0.15) is 11.6 Å². The second-order valence-electron chi connectivity index (χ2n) is 7.70. The van der Waals surface area contributed by atoms with Gasteiger partial charge in [-0.1, -0.05) is 19.9 Å². The topological polar surface area (TPSA) is 56.7 Å². The average Bonchev–Trinajstić information content (AvgIpc) is 3.39. The number of benzene rings is 1. The van der Waals surface area contributed by atoms with Gasteiger partial charge in [-0.2, -0.15) is 0 Å². The van der Waals surface area contributed by atoms with Gasteiger partial charge in [0.05, 0.1) is 0 Å². The first kappa shape index (κ1) is 22.8. The Morgan fingerprint density at radius 2 is 1.79 bits per heavy atom. The zero-order valence-electron chi connectivity index (χ0n) is 16.5. The van der Waals surface area contributed by atoms with Crippen LogP contribution < -0.4 is 10.6 Å². The highest BCUT2D eigenvalue weighted by Gasteiger charge is 2.42. The van der Waals surface area contributed by atoms with Crippen LogP contribution in [0.5, 0.6) is 0 Å². The van der Waals surface area contributed by atoms with Gasteiger partial charge >= 0.3 is 0 Å². The summed E-state index contributed by atoms with van der Waals surface area (Å²) in [4.78, 5) is 18.2. The number of guanidine groups is 1. The molecule has 0 aromatic heterocycles. The monoisotopic (exact) mass is 506 g/mol. The highest BCUT2D eigenvalue weighted by molar-refractivity contribution is 14.0. The second kappa shape index (κ2) is 9.84. The van der Waals surface area contributed by atoms with Crippen molar-refractivity contribution in [3.63, 3.8) is 0 Å². The van der Waals surface area contributed by atoms with E-state index in [1.807, 2.05) is 18.7 Å². The number of nitrogens with one attached hydrogen (secondary N) is 2. The number of aliphatic imine (C=N–C) groups is 1. The number of likely N-dealkylation sites (tertiary alicyclic amines) is 1. The van der Waals surface area contributed by atoms with Crippen molar-refractivity contribution < 1.29 is 13.6 Å². The maximum Gasteiger partial charge on any atom is 0.225 e. The van der Waals surface area contributed by atoms with Crippen LogP contribution in [0.25, 0.3) is 0 Å². The van der Waals surface area contributed by atoms with E-state index in [0.29, 0.717) is 12.4 Å². The number of carbonyl (C=O) groups excluding carboxylic acids is 1. The van der Waals surface area contributed by atoms with Gasteiger partial charge in [-0.3, -0.25) is 9.79 Å². The Kier molecular flexibility index (Phi) is 8.03. The van der Waals surface area contributed by atoms with Gasteiger partial charge in [0.2, 0.25) is 5.91 Å². The molecule has 2 atom stereocenters. The van der Waals surface area contributed by atoms with E-state index in [-0.39, 0.29) is 59.4 Å². The highest BCUT2D eigenvalue weighted by atomic mass is 127. The highest BCUT2D eigenvalue weighted by Crippen LogP contribution is 2.43. The lowest BCUT2D eigenvalue weighted by Crippen LogP contribution is -2.50. The molecular weight excluding hydrogens is 477 g/mol. The summed E-state index contributed by atoms with van der Waals surface area (Å²) in [6.07, 6.45) is 2.39. The van der Waals surface area contributed by atoms with Crippen LogP contribution >= 0.6 is 24.0 Å². The standard InChI is InChI=1S/C20H28F2N4O.HI/c1-12(2)19(27)26-9-7-13(8-10-26)24-20(23-3)25-17-11-14(17)18-15(21)5-4-6-16(18)22;/h4-6,12-14,17H,7-11H2,1-3H3,(H2,23,24,25);1H. The molecule has 1 aliphatic heterocycles. The van der Waals surface area contributed by atoms with Gasteiger partial charge < -0.3 is 15.5 Å². The van der Waals surface area contributed by atoms with E-state index in [9.17, 15) is 13.6 Å². The van der Waals surface area contributed by atoms with Crippen LogP contribution in [0.2, 0.25) is 0 Å². The minimum Gasteiger partial charge on any atom is -0.354 e. The normalized spacial score (nSPS) is 22.6. The molecule has 5 nitrogen and oxygen atoms in total. The third-order valence-corrected chi connectivity index (χ3v) is 5.35. The number of rotatable bonds is 4. The van der Waals surface area contributed by atoms with Gasteiger partial charge in [0, 0.05) is 49.6 Å². The van der Waals surface area contributed by atoms with E-state index in [1.165, 1.54) is 18.2 Å². The van der Waals surface area contributed by atoms with Crippen molar-refractivity contribution in [3.05, 3.63) is 35.4 Å². The number of nitrogens with zero attached hydrogens (tertiary/aromatic N) is 2. The first-order valence-electron chi connectivity index (χ1n) is 9.63. The molecule has 1 aliphatic carbocycles. The van der Waals surface area contributed by atoms with Crippen LogP contribution in [0.4, 0.5) is 8.78 Å². The fourth-order valence-corrected chi connectivity index (χ4v) is 3.69. The SMILES string of the molecule is CN=C(NC1CCN(C(=O)C(C)C)CC1)NC1CC1c1c(F)cccc1F.I. The molecule has 2 N–H and O–H groups in total. The number of halogens is 3. The summed E-state index contributed by atoms with van der Waals surface area (Å²) in [5, 5.41) is 6.65. The number of piperidine rings is 1. The van der Waals surface area contributed by atoms with Gasteiger partial charge in [-0.15, -0.1) is 24.0 Å². The molecule has 0 spiro atoms. The first-order valence-corrected chi connectivity index (χ1v) is 9.63. The van der Waals surface area contributed by atoms with E-state index >= 15 is 0 Å². The molecule has 1 aromatic carbocycles. The fourth-order valence-electron chi connectivity index (χ4n) is 3.69. The van der Waals surface area contributed by atoms with E-state index in [4.69, 9.17) is 0 Å². The summed E-state index contributed by atoms with van der Waals surface area (Å²) in [6, 6.07) is 4.19. The van der Waals surface area contributed by atoms with Crippen molar-refractivity contribution in [3.8, 4) is 0 Å². The maximum absolute atomic E-state index is 13.9. The quantitative estimate of drug-likeness (QED) is 0.375. The average molecular weight is 506 g/mol. The predicted molar refractivity (Wildman–Crippen MR) is 117 cm³/mol. The summed E-state index contributed by atoms with van der Waals surface area (Å²) < 4.78 is 27.8. The van der Waals surface area contributed by atoms with Crippen LogP contribution in [-0.2, 0) is 4.79 Å². The molecule has 8 heteroatoms. The number of amides is 1. The Balaban J connectivity index is 0.00000280. The number of hydrogen-bond acceptors (Lipinski definition) is 2. The molecule has 156 valence electrons. The summed E-state index contributed by atoms with van der Waals surface area (Å²) in [5.74, 6) is -0.287. The molecule has 3 rings (SSSR count). The molecule has 0 radical (unpaired) electrons. The molecule has 2 unspecified atom stereocenters. The largest absolute Gasteiger partial charge is 0.354 e. The fraction of sp³-hybridized carbons (Fsp3) is 0.600. The molecule has 2 fully saturated rings. The molecule has 28 heavy (non-hydrogen) atoms. The van der Waals surface area contributed by atoms with Crippen molar-refractivity contribution in [1.82, 2.24) is 15.5 Å². The van der Waals surface area contributed by atoms with Crippen LogP contribution in [0.1, 0.15) is 44.6 Å². The van der Waals surface area contributed by atoms with E-state index < -0.39 is 11.6 Å². The molecule has 1 saturated heterocycles. The first-order chi connectivity index (χ1) is 12.9. The molecular formula is C20H29F2IN4O. The Morgan fingerprint density at radius 3 is 2.32 bits per heavy atom. The molecule has 1 aromatic rings. The summed E-state index contributed by atoms with van der Waals surface area (Å²) in [5.41, 5.74) is 0.158. The minimum absolute atomic E-state index is 0. The van der Waals surface area contributed by atoms with Crippen molar-refractivity contribution in [1.29, 1.82) is 0 Å². The lowest BCUT2D eigenvalue weighted by molar-refractivity contribution is -0.135. The third-order valence-electron chi connectivity index (χ3n) is 5.35. The molecule has 1 heterocycles.